The molecule has 0 fully saturated rings. The molecule has 0 aromatic heterocycles. The highest BCUT2D eigenvalue weighted by molar-refractivity contribution is 6.31. The Hall–Kier alpha value is -2.46. The van der Waals surface area contributed by atoms with Gasteiger partial charge in [-0.2, -0.15) is 0 Å². The van der Waals surface area contributed by atoms with Gasteiger partial charge in [0.25, 0.3) is 0 Å². The van der Waals surface area contributed by atoms with E-state index in [2.05, 4.69) is 0 Å². The molecular weight excluding hydrogens is 316 g/mol. The van der Waals surface area contributed by atoms with Crippen molar-refractivity contribution in [2.75, 3.05) is 6.61 Å². The van der Waals surface area contributed by atoms with Gasteiger partial charge in [-0.05, 0) is 36.8 Å². The summed E-state index contributed by atoms with van der Waals surface area (Å²) in [6.45, 7) is 2.68. The van der Waals surface area contributed by atoms with Crippen LogP contribution in [-0.4, -0.2) is 17.7 Å². The van der Waals surface area contributed by atoms with Crippen molar-refractivity contribution in [2.24, 2.45) is 0 Å². The summed E-state index contributed by atoms with van der Waals surface area (Å²) >= 11 is 6.11. The van der Waals surface area contributed by atoms with E-state index < -0.39 is 5.97 Å². The maximum absolute atomic E-state index is 10.6. The van der Waals surface area contributed by atoms with Gasteiger partial charge < -0.3 is 14.6 Å². The largest absolute Gasteiger partial charge is 0.490 e. The number of carbonyl (C=O) groups is 1. The molecule has 0 atom stereocenters. The van der Waals surface area contributed by atoms with Crippen LogP contribution in [0.5, 0.6) is 11.5 Å². The predicted octanol–water partition coefficient (Wildman–Crippen LogP) is 4.42. The molecule has 0 aliphatic rings. The lowest BCUT2D eigenvalue weighted by Gasteiger charge is -2.13. The average Bonchev–Trinajstić information content (AvgIpc) is 2.53. The molecule has 2 aromatic rings. The van der Waals surface area contributed by atoms with Gasteiger partial charge in [0.2, 0.25) is 0 Å². The lowest BCUT2D eigenvalue weighted by atomic mass is 10.2. The van der Waals surface area contributed by atoms with Crippen LogP contribution in [0.15, 0.2) is 48.5 Å². The van der Waals surface area contributed by atoms with Crippen LogP contribution in [0.4, 0.5) is 0 Å². The summed E-state index contributed by atoms with van der Waals surface area (Å²) in [4.78, 5) is 10.6. The first-order valence-corrected chi connectivity index (χ1v) is 7.52. The molecule has 2 aromatic carbocycles. The Kier molecular flexibility index (Phi) is 6.06. The minimum absolute atomic E-state index is 0.323. The number of aliphatic carboxylic acids is 1. The van der Waals surface area contributed by atoms with E-state index in [9.17, 15) is 4.79 Å². The predicted molar refractivity (Wildman–Crippen MR) is 90.1 cm³/mol. The van der Waals surface area contributed by atoms with Crippen molar-refractivity contribution in [1.29, 1.82) is 0 Å². The van der Waals surface area contributed by atoms with Crippen LogP contribution in [0.25, 0.3) is 6.08 Å². The Morgan fingerprint density at radius 2 is 1.96 bits per heavy atom. The normalized spacial score (nSPS) is 10.7. The molecule has 0 amide bonds. The minimum Gasteiger partial charge on any atom is -0.490 e. The smallest absolute Gasteiger partial charge is 0.328 e. The molecule has 120 valence electrons. The summed E-state index contributed by atoms with van der Waals surface area (Å²) in [7, 11) is 0. The van der Waals surface area contributed by atoms with Gasteiger partial charge >= 0.3 is 5.97 Å². The molecule has 4 nitrogen and oxygen atoms in total. The summed E-state index contributed by atoms with van der Waals surface area (Å²) < 4.78 is 11.4. The highest BCUT2D eigenvalue weighted by atomic mass is 35.5. The zero-order valence-corrected chi connectivity index (χ0v) is 13.4. The molecule has 0 unspecified atom stereocenters. The first kappa shape index (κ1) is 16.9. The van der Waals surface area contributed by atoms with E-state index in [4.69, 9.17) is 26.2 Å². The number of hydrogen-bond donors (Lipinski definition) is 1. The van der Waals surface area contributed by atoms with Gasteiger partial charge in [-0.1, -0.05) is 35.9 Å². The third-order valence-corrected chi connectivity index (χ3v) is 3.40. The monoisotopic (exact) mass is 332 g/mol. The summed E-state index contributed by atoms with van der Waals surface area (Å²) in [5, 5.41) is 9.33. The molecule has 1 N–H and O–H groups in total. The Bertz CT molecular complexity index is 710. The van der Waals surface area contributed by atoms with Crippen molar-refractivity contribution >= 4 is 23.6 Å². The second-order valence-electron chi connectivity index (χ2n) is 4.69. The van der Waals surface area contributed by atoms with Crippen LogP contribution in [0.2, 0.25) is 5.02 Å². The van der Waals surface area contributed by atoms with Crippen molar-refractivity contribution in [3.8, 4) is 11.5 Å². The summed E-state index contributed by atoms with van der Waals surface area (Å²) in [5.41, 5.74) is 1.60. The molecule has 0 aliphatic heterocycles. The van der Waals surface area contributed by atoms with Crippen molar-refractivity contribution in [1.82, 2.24) is 0 Å². The average molecular weight is 333 g/mol. The Balaban J connectivity index is 2.17. The first-order chi connectivity index (χ1) is 11.1. The number of halogens is 1. The van der Waals surface area contributed by atoms with Gasteiger partial charge in [0, 0.05) is 16.7 Å². The van der Waals surface area contributed by atoms with E-state index in [0.29, 0.717) is 29.7 Å². The van der Waals surface area contributed by atoms with Gasteiger partial charge in [-0.25, -0.2) is 4.79 Å². The maximum atomic E-state index is 10.6. The molecule has 0 bridgehead atoms. The SMILES string of the molecule is CCOc1cc(C=CC(=O)O)ccc1OCc1ccccc1Cl. The van der Waals surface area contributed by atoms with Crippen molar-refractivity contribution < 1.29 is 19.4 Å². The van der Waals surface area contributed by atoms with Gasteiger partial charge in [0.15, 0.2) is 11.5 Å². The maximum Gasteiger partial charge on any atom is 0.328 e. The van der Waals surface area contributed by atoms with E-state index in [0.717, 1.165) is 17.2 Å². The van der Waals surface area contributed by atoms with Crippen LogP contribution < -0.4 is 9.47 Å². The Morgan fingerprint density at radius 1 is 1.17 bits per heavy atom. The number of benzene rings is 2. The fourth-order valence-electron chi connectivity index (χ4n) is 1.95. The van der Waals surface area contributed by atoms with Crippen LogP contribution >= 0.6 is 11.6 Å². The molecule has 5 heteroatoms. The second kappa shape index (κ2) is 8.25. The van der Waals surface area contributed by atoms with Crippen molar-refractivity contribution in [2.45, 2.75) is 13.5 Å². The lowest BCUT2D eigenvalue weighted by Crippen LogP contribution is -2.00. The molecule has 2 rings (SSSR count). The van der Waals surface area contributed by atoms with E-state index in [1.165, 1.54) is 6.08 Å². The number of ether oxygens (including phenoxy) is 2. The van der Waals surface area contributed by atoms with Gasteiger partial charge in [0.05, 0.1) is 6.61 Å². The van der Waals surface area contributed by atoms with E-state index >= 15 is 0 Å². The van der Waals surface area contributed by atoms with Crippen molar-refractivity contribution in [3.05, 3.63) is 64.7 Å². The summed E-state index contributed by atoms with van der Waals surface area (Å²) in [6.07, 6.45) is 2.58. The van der Waals surface area contributed by atoms with Gasteiger partial charge in [-0.15, -0.1) is 0 Å². The Labute approximate surface area is 139 Å². The van der Waals surface area contributed by atoms with Gasteiger partial charge in [0.1, 0.15) is 6.61 Å². The molecule has 0 aliphatic carbocycles. The van der Waals surface area contributed by atoms with Crippen LogP contribution in [-0.2, 0) is 11.4 Å². The highest BCUT2D eigenvalue weighted by Gasteiger charge is 2.07. The topological polar surface area (TPSA) is 55.8 Å². The van der Waals surface area contributed by atoms with E-state index in [-0.39, 0.29) is 0 Å². The third-order valence-electron chi connectivity index (χ3n) is 3.03. The molecule has 0 saturated carbocycles. The Morgan fingerprint density at radius 3 is 2.65 bits per heavy atom. The van der Waals surface area contributed by atoms with Crippen LogP contribution in [0, 0.1) is 0 Å². The number of hydrogen-bond acceptors (Lipinski definition) is 3. The number of carboxylic acids is 1. The second-order valence-corrected chi connectivity index (χ2v) is 5.10. The van der Waals surface area contributed by atoms with E-state index in [1.807, 2.05) is 31.2 Å². The van der Waals surface area contributed by atoms with Gasteiger partial charge in [-0.3, -0.25) is 0 Å². The molecule has 23 heavy (non-hydrogen) atoms. The third kappa shape index (κ3) is 5.04. The standard InChI is InChI=1S/C18H17ClO4/c1-2-22-17-11-13(8-10-18(20)21)7-9-16(17)23-12-14-5-3-4-6-15(14)19/h3-11H,2,12H2,1H3,(H,20,21). The quantitative estimate of drug-likeness (QED) is 0.763. The summed E-state index contributed by atoms with van der Waals surface area (Å²) in [6, 6.07) is 12.7. The molecule has 0 spiro atoms. The number of carboxylic acid groups (broad SMARTS) is 1. The lowest BCUT2D eigenvalue weighted by molar-refractivity contribution is -0.131. The fourth-order valence-corrected chi connectivity index (χ4v) is 2.14. The van der Waals surface area contributed by atoms with Crippen LogP contribution in [0.1, 0.15) is 18.1 Å². The van der Waals surface area contributed by atoms with E-state index in [1.54, 1.807) is 18.2 Å². The molecular formula is C18H17ClO4. The minimum atomic E-state index is -0.998. The van der Waals surface area contributed by atoms with Crippen LogP contribution in [0.3, 0.4) is 0 Å². The fraction of sp³-hybridized carbons (Fsp3) is 0.167. The zero-order valence-electron chi connectivity index (χ0n) is 12.7. The molecule has 0 heterocycles. The molecule has 0 radical (unpaired) electrons. The summed E-state index contributed by atoms with van der Waals surface area (Å²) in [5.74, 6) is 0.147. The number of rotatable bonds is 7. The zero-order chi connectivity index (χ0) is 16.7. The molecule has 0 saturated heterocycles. The highest BCUT2D eigenvalue weighted by Crippen LogP contribution is 2.30. The first-order valence-electron chi connectivity index (χ1n) is 7.14. The van der Waals surface area contributed by atoms with Crippen molar-refractivity contribution in [3.63, 3.8) is 0 Å².